The quantitative estimate of drug-likeness (QED) is 0.866. The number of nitrogens with one attached hydrogen (secondary N) is 1. The largest absolute Gasteiger partial charge is 0.467 e. The van der Waals surface area contributed by atoms with Crippen LogP contribution in [0.5, 0.6) is 0 Å². The van der Waals surface area contributed by atoms with Gasteiger partial charge in [0.05, 0.1) is 12.8 Å². The highest BCUT2D eigenvalue weighted by Crippen LogP contribution is 2.28. The Kier molecular flexibility index (Phi) is 5.00. The van der Waals surface area contributed by atoms with Crippen LogP contribution in [-0.2, 0) is 9.53 Å². The standard InChI is InChI=1S/C13H18BrNO2/c1-5-11(13(16)17-4)15-12-9(3)6-8(2)7-10(12)14/h6-7,11,15H,5H2,1-4H3. The van der Waals surface area contributed by atoms with Gasteiger partial charge < -0.3 is 10.1 Å². The smallest absolute Gasteiger partial charge is 0.328 e. The highest BCUT2D eigenvalue weighted by Gasteiger charge is 2.18. The molecule has 1 aromatic carbocycles. The average molecular weight is 300 g/mol. The maximum Gasteiger partial charge on any atom is 0.328 e. The van der Waals surface area contributed by atoms with E-state index in [0.717, 1.165) is 15.7 Å². The molecule has 0 saturated carbocycles. The maximum atomic E-state index is 11.5. The zero-order chi connectivity index (χ0) is 13.0. The van der Waals surface area contributed by atoms with Crippen molar-refractivity contribution in [2.75, 3.05) is 12.4 Å². The van der Waals surface area contributed by atoms with Gasteiger partial charge in [0.25, 0.3) is 0 Å². The molecule has 0 saturated heterocycles. The number of aryl methyl sites for hydroxylation is 2. The van der Waals surface area contributed by atoms with E-state index in [9.17, 15) is 4.79 Å². The number of halogens is 1. The van der Waals surface area contributed by atoms with E-state index in [2.05, 4.69) is 27.3 Å². The third-order valence-electron chi connectivity index (χ3n) is 2.64. The van der Waals surface area contributed by atoms with Crippen molar-refractivity contribution in [3.05, 3.63) is 27.7 Å². The van der Waals surface area contributed by atoms with Crippen molar-refractivity contribution in [1.29, 1.82) is 0 Å². The zero-order valence-corrected chi connectivity index (χ0v) is 12.2. The number of anilines is 1. The van der Waals surface area contributed by atoms with Crippen LogP contribution in [0, 0.1) is 13.8 Å². The highest BCUT2D eigenvalue weighted by molar-refractivity contribution is 9.10. The van der Waals surface area contributed by atoms with Crippen LogP contribution in [0.1, 0.15) is 24.5 Å². The molecule has 0 radical (unpaired) electrons. The third kappa shape index (κ3) is 3.46. The summed E-state index contributed by atoms with van der Waals surface area (Å²) in [6, 6.07) is 3.80. The summed E-state index contributed by atoms with van der Waals surface area (Å²) in [6.07, 6.45) is 0.687. The highest BCUT2D eigenvalue weighted by atomic mass is 79.9. The number of benzene rings is 1. The molecular weight excluding hydrogens is 282 g/mol. The molecule has 1 unspecified atom stereocenters. The molecule has 0 bridgehead atoms. The molecular formula is C13H18BrNO2. The van der Waals surface area contributed by atoms with E-state index in [1.54, 1.807) is 0 Å². The molecule has 1 N–H and O–H groups in total. The van der Waals surface area contributed by atoms with Gasteiger partial charge >= 0.3 is 5.97 Å². The Balaban J connectivity index is 2.98. The lowest BCUT2D eigenvalue weighted by Crippen LogP contribution is -2.30. The van der Waals surface area contributed by atoms with Gasteiger partial charge in [0, 0.05) is 4.47 Å². The molecule has 3 nitrogen and oxygen atoms in total. The topological polar surface area (TPSA) is 38.3 Å². The molecule has 0 fully saturated rings. The van der Waals surface area contributed by atoms with Gasteiger partial charge in [-0.3, -0.25) is 0 Å². The van der Waals surface area contributed by atoms with Crippen LogP contribution >= 0.6 is 15.9 Å². The molecule has 0 amide bonds. The number of carbonyl (C=O) groups excluding carboxylic acids is 1. The van der Waals surface area contributed by atoms with Gasteiger partial charge in [-0.15, -0.1) is 0 Å². The molecule has 94 valence electrons. The van der Waals surface area contributed by atoms with Gasteiger partial charge in [0.2, 0.25) is 0 Å². The summed E-state index contributed by atoms with van der Waals surface area (Å²) in [5.74, 6) is -0.237. The SMILES string of the molecule is CCC(Nc1c(C)cc(C)cc1Br)C(=O)OC. The summed E-state index contributed by atoms with van der Waals surface area (Å²) in [5.41, 5.74) is 3.25. The maximum absolute atomic E-state index is 11.5. The summed E-state index contributed by atoms with van der Waals surface area (Å²) >= 11 is 3.51. The number of rotatable bonds is 4. The monoisotopic (exact) mass is 299 g/mol. The Labute approximate surface area is 111 Å². The van der Waals surface area contributed by atoms with Gasteiger partial charge in [-0.2, -0.15) is 0 Å². The van der Waals surface area contributed by atoms with E-state index < -0.39 is 0 Å². The molecule has 1 atom stereocenters. The van der Waals surface area contributed by atoms with Crippen LogP contribution in [-0.4, -0.2) is 19.1 Å². The Hall–Kier alpha value is -1.03. The Morgan fingerprint density at radius 3 is 2.59 bits per heavy atom. The van der Waals surface area contributed by atoms with Crippen molar-refractivity contribution in [2.24, 2.45) is 0 Å². The van der Waals surface area contributed by atoms with Crippen molar-refractivity contribution < 1.29 is 9.53 Å². The first kappa shape index (κ1) is 14.0. The number of hydrogen-bond donors (Lipinski definition) is 1. The third-order valence-corrected chi connectivity index (χ3v) is 3.27. The lowest BCUT2D eigenvalue weighted by atomic mass is 10.1. The molecule has 0 aliphatic heterocycles. The van der Waals surface area contributed by atoms with Gasteiger partial charge in [-0.05, 0) is 53.4 Å². The molecule has 1 rings (SSSR count). The summed E-state index contributed by atoms with van der Waals surface area (Å²) in [5, 5.41) is 3.22. The predicted molar refractivity (Wildman–Crippen MR) is 73.3 cm³/mol. The Bertz CT molecular complexity index is 395. The van der Waals surface area contributed by atoms with Crippen LogP contribution in [0.4, 0.5) is 5.69 Å². The number of methoxy groups -OCH3 is 1. The minimum absolute atomic E-state index is 0.237. The molecule has 0 aliphatic carbocycles. The molecule has 17 heavy (non-hydrogen) atoms. The minimum Gasteiger partial charge on any atom is -0.467 e. The van der Waals surface area contributed by atoms with Crippen LogP contribution in [0.15, 0.2) is 16.6 Å². The first-order valence-electron chi connectivity index (χ1n) is 5.60. The van der Waals surface area contributed by atoms with E-state index in [1.165, 1.54) is 12.7 Å². The summed E-state index contributed by atoms with van der Waals surface area (Å²) in [7, 11) is 1.41. The minimum atomic E-state index is -0.308. The summed E-state index contributed by atoms with van der Waals surface area (Å²) < 4.78 is 5.73. The summed E-state index contributed by atoms with van der Waals surface area (Å²) in [6.45, 7) is 6.01. The van der Waals surface area contributed by atoms with E-state index in [0.29, 0.717) is 6.42 Å². The van der Waals surface area contributed by atoms with Gasteiger partial charge in [-0.25, -0.2) is 4.79 Å². The van der Waals surface area contributed by atoms with Crippen LogP contribution in [0.25, 0.3) is 0 Å². The fourth-order valence-corrected chi connectivity index (χ4v) is 2.53. The van der Waals surface area contributed by atoms with Gasteiger partial charge in [-0.1, -0.05) is 13.0 Å². The fraction of sp³-hybridized carbons (Fsp3) is 0.462. The van der Waals surface area contributed by atoms with E-state index >= 15 is 0 Å². The van der Waals surface area contributed by atoms with E-state index in [4.69, 9.17) is 4.74 Å². The first-order valence-corrected chi connectivity index (χ1v) is 6.40. The lowest BCUT2D eigenvalue weighted by molar-refractivity contribution is -0.141. The Morgan fingerprint density at radius 1 is 1.47 bits per heavy atom. The predicted octanol–water partition coefficient (Wildman–Crippen LogP) is 3.43. The molecule has 1 aromatic rings. The molecule has 0 spiro atoms. The van der Waals surface area contributed by atoms with Crippen LogP contribution < -0.4 is 5.32 Å². The number of carbonyl (C=O) groups is 1. The van der Waals surface area contributed by atoms with Crippen LogP contribution in [0.2, 0.25) is 0 Å². The normalized spacial score (nSPS) is 12.1. The first-order chi connectivity index (χ1) is 7.99. The second kappa shape index (κ2) is 6.05. The number of esters is 1. The van der Waals surface area contributed by atoms with Crippen molar-refractivity contribution in [3.8, 4) is 0 Å². The molecule has 4 heteroatoms. The lowest BCUT2D eigenvalue weighted by Gasteiger charge is -2.19. The zero-order valence-electron chi connectivity index (χ0n) is 10.6. The van der Waals surface area contributed by atoms with Crippen molar-refractivity contribution in [3.63, 3.8) is 0 Å². The van der Waals surface area contributed by atoms with E-state index in [-0.39, 0.29) is 12.0 Å². The molecule has 0 aromatic heterocycles. The molecule has 0 heterocycles. The summed E-state index contributed by atoms with van der Waals surface area (Å²) in [4.78, 5) is 11.5. The van der Waals surface area contributed by atoms with Crippen LogP contribution in [0.3, 0.4) is 0 Å². The Morgan fingerprint density at radius 2 is 2.12 bits per heavy atom. The van der Waals surface area contributed by atoms with E-state index in [1.807, 2.05) is 26.8 Å². The van der Waals surface area contributed by atoms with Crippen molar-refractivity contribution in [1.82, 2.24) is 0 Å². The van der Waals surface area contributed by atoms with Crippen molar-refractivity contribution >= 4 is 27.6 Å². The number of ether oxygens (including phenoxy) is 1. The molecule has 0 aliphatic rings. The van der Waals surface area contributed by atoms with Crippen molar-refractivity contribution in [2.45, 2.75) is 33.2 Å². The fourth-order valence-electron chi connectivity index (χ4n) is 1.74. The van der Waals surface area contributed by atoms with Gasteiger partial charge in [0.15, 0.2) is 0 Å². The average Bonchev–Trinajstić information content (AvgIpc) is 2.27. The number of hydrogen-bond acceptors (Lipinski definition) is 3. The second-order valence-electron chi connectivity index (χ2n) is 4.07. The second-order valence-corrected chi connectivity index (χ2v) is 4.92. The van der Waals surface area contributed by atoms with Gasteiger partial charge in [0.1, 0.15) is 6.04 Å².